The SMILES string of the molecule is O=C1C[C@H](NC(=O)C2CCc3cccc4c3C2C(=O)[C@@H](NC(=O)OCc2ccccc2)CC4)C(O)O1. The number of hydrogen-bond acceptors (Lipinski definition) is 7. The van der Waals surface area contributed by atoms with Crippen LogP contribution in [0, 0.1) is 5.92 Å². The lowest BCUT2D eigenvalue weighted by atomic mass is 9.71. The summed E-state index contributed by atoms with van der Waals surface area (Å²) in [6.45, 7) is 0.0803. The largest absolute Gasteiger partial charge is 0.445 e. The van der Waals surface area contributed by atoms with Gasteiger partial charge in [0.2, 0.25) is 12.2 Å². The van der Waals surface area contributed by atoms with E-state index in [2.05, 4.69) is 10.6 Å². The number of esters is 1. The highest BCUT2D eigenvalue weighted by molar-refractivity contribution is 5.98. The van der Waals surface area contributed by atoms with Crippen LogP contribution in [0.3, 0.4) is 0 Å². The third kappa shape index (κ3) is 4.83. The minimum atomic E-state index is -1.41. The number of cyclic esters (lactones) is 1. The van der Waals surface area contributed by atoms with Crippen LogP contribution in [-0.2, 0) is 43.3 Å². The van der Waals surface area contributed by atoms with Gasteiger partial charge in [0.15, 0.2) is 5.78 Å². The molecule has 1 aliphatic heterocycles. The highest BCUT2D eigenvalue weighted by atomic mass is 16.6. The molecular weight excluding hydrogens is 464 g/mol. The first kappa shape index (κ1) is 24.0. The molecule has 0 radical (unpaired) electrons. The number of Topliss-reactive ketones (excluding diaryl/α,β-unsaturated/α-hetero) is 1. The Bertz CT molecular complexity index is 1180. The van der Waals surface area contributed by atoms with Crippen LogP contribution in [0.2, 0.25) is 0 Å². The summed E-state index contributed by atoms with van der Waals surface area (Å²) in [4.78, 5) is 51.2. The highest BCUT2D eigenvalue weighted by Gasteiger charge is 2.46. The summed E-state index contributed by atoms with van der Waals surface area (Å²) < 4.78 is 10.1. The van der Waals surface area contributed by atoms with Gasteiger partial charge >= 0.3 is 12.1 Å². The third-order valence-electron chi connectivity index (χ3n) is 7.23. The molecule has 0 spiro atoms. The molecule has 9 heteroatoms. The summed E-state index contributed by atoms with van der Waals surface area (Å²) in [5.74, 6) is -2.69. The predicted octanol–water partition coefficient (Wildman–Crippen LogP) is 1.89. The van der Waals surface area contributed by atoms with Crippen molar-refractivity contribution < 1.29 is 33.8 Å². The molecule has 5 atom stereocenters. The second kappa shape index (κ2) is 10.1. The number of hydrogen-bond donors (Lipinski definition) is 3. The fourth-order valence-electron chi connectivity index (χ4n) is 5.47. The molecule has 188 valence electrons. The van der Waals surface area contributed by atoms with Gasteiger partial charge in [0.25, 0.3) is 0 Å². The first-order chi connectivity index (χ1) is 17.4. The zero-order valence-electron chi connectivity index (χ0n) is 19.6. The first-order valence-electron chi connectivity index (χ1n) is 12.2. The molecule has 2 aromatic carbocycles. The second-order valence-electron chi connectivity index (χ2n) is 9.51. The Morgan fingerprint density at radius 2 is 1.69 bits per heavy atom. The average Bonchev–Trinajstić information content (AvgIpc) is 3.12. The monoisotopic (exact) mass is 492 g/mol. The maximum absolute atomic E-state index is 13.8. The minimum absolute atomic E-state index is 0.0803. The summed E-state index contributed by atoms with van der Waals surface area (Å²) in [6, 6.07) is 13.5. The Morgan fingerprint density at radius 3 is 2.39 bits per heavy atom. The Balaban J connectivity index is 1.35. The topological polar surface area (TPSA) is 131 Å². The van der Waals surface area contributed by atoms with Gasteiger partial charge < -0.3 is 25.2 Å². The van der Waals surface area contributed by atoms with Gasteiger partial charge in [0, 0.05) is 0 Å². The molecule has 2 aromatic rings. The molecule has 5 rings (SSSR count). The fraction of sp³-hybridized carbons (Fsp3) is 0.407. The lowest BCUT2D eigenvalue weighted by Crippen LogP contribution is -2.49. The van der Waals surface area contributed by atoms with Gasteiger partial charge in [-0.25, -0.2) is 4.79 Å². The Morgan fingerprint density at radius 1 is 0.972 bits per heavy atom. The normalized spacial score (nSPS) is 26.9. The van der Waals surface area contributed by atoms with Crippen LogP contribution in [0.25, 0.3) is 0 Å². The molecular formula is C27H28N2O7. The van der Waals surface area contributed by atoms with Crippen molar-refractivity contribution in [2.24, 2.45) is 5.92 Å². The number of amides is 2. The zero-order valence-corrected chi connectivity index (χ0v) is 19.6. The zero-order chi connectivity index (χ0) is 25.2. The number of nitrogens with one attached hydrogen (secondary N) is 2. The van der Waals surface area contributed by atoms with E-state index in [1.807, 2.05) is 48.5 Å². The highest BCUT2D eigenvalue weighted by Crippen LogP contribution is 2.42. The molecule has 1 saturated heterocycles. The van der Waals surface area contributed by atoms with Crippen LogP contribution in [-0.4, -0.2) is 47.2 Å². The van der Waals surface area contributed by atoms with E-state index in [1.165, 1.54) is 0 Å². The second-order valence-corrected chi connectivity index (χ2v) is 9.51. The van der Waals surface area contributed by atoms with Crippen molar-refractivity contribution in [2.45, 2.75) is 63.0 Å². The van der Waals surface area contributed by atoms with Gasteiger partial charge in [-0.1, -0.05) is 48.5 Å². The summed E-state index contributed by atoms with van der Waals surface area (Å²) in [5.41, 5.74) is 3.71. The summed E-state index contributed by atoms with van der Waals surface area (Å²) in [5, 5.41) is 15.4. The molecule has 2 amide bonds. The molecule has 3 aliphatic rings. The molecule has 0 saturated carbocycles. The van der Waals surface area contributed by atoms with Gasteiger partial charge in [-0.2, -0.15) is 0 Å². The van der Waals surface area contributed by atoms with E-state index in [4.69, 9.17) is 9.47 Å². The molecule has 3 unspecified atom stereocenters. The Labute approximate surface area is 208 Å². The number of aliphatic hydroxyl groups is 1. The Kier molecular flexibility index (Phi) is 6.73. The third-order valence-corrected chi connectivity index (χ3v) is 7.23. The Hall–Kier alpha value is -3.72. The number of ketones is 1. The van der Waals surface area contributed by atoms with E-state index in [9.17, 15) is 24.3 Å². The number of benzene rings is 2. The van der Waals surface area contributed by atoms with Crippen molar-refractivity contribution in [3.05, 3.63) is 70.8 Å². The van der Waals surface area contributed by atoms with Crippen LogP contribution in [0.15, 0.2) is 48.5 Å². The summed E-state index contributed by atoms with van der Waals surface area (Å²) >= 11 is 0. The van der Waals surface area contributed by atoms with Crippen LogP contribution < -0.4 is 10.6 Å². The van der Waals surface area contributed by atoms with Gasteiger partial charge in [0.1, 0.15) is 12.6 Å². The van der Waals surface area contributed by atoms with Crippen molar-refractivity contribution in [1.82, 2.24) is 10.6 Å². The number of carbonyl (C=O) groups excluding carboxylic acids is 4. The van der Waals surface area contributed by atoms with Crippen molar-refractivity contribution in [2.75, 3.05) is 0 Å². The van der Waals surface area contributed by atoms with Crippen molar-refractivity contribution >= 4 is 23.8 Å². The van der Waals surface area contributed by atoms with Gasteiger partial charge in [-0.05, 0) is 47.9 Å². The number of rotatable bonds is 5. The van der Waals surface area contributed by atoms with Gasteiger partial charge in [-0.3, -0.25) is 14.4 Å². The lowest BCUT2D eigenvalue weighted by molar-refractivity contribution is -0.155. The molecule has 36 heavy (non-hydrogen) atoms. The summed E-state index contributed by atoms with van der Waals surface area (Å²) in [6.07, 6.45) is -0.197. The number of aryl methyl sites for hydroxylation is 2. The van der Waals surface area contributed by atoms with Crippen molar-refractivity contribution in [1.29, 1.82) is 0 Å². The maximum Gasteiger partial charge on any atom is 0.408 e. The minimum Gasteiger partial charge on any atom is -0.445 e. The van der Waals surface area contributed by atoms with Crippen LogP contribution >= 0.6 is 0 Å². The molecule has 3 N–H and O–H groups in total. The van der Waals surface area contributed by atoms with E-state index in [1.54, 1.807) is 0 Å². The van der Waals surface area contributed by atoms with E-state index >= 15 is 0 Å². The molecule has 2 aliphatic carbocycles. The van der Waals surface area contributed by atoms with Gasteiger partial charge in [0.05, 0.1) is 24.3 Å². The smallest absolute Gasteiger partial charge is 0.408 e. The number of carbonyl (C=O) groups is 4. The van der Waals surface area contributed by atoms with E-state index in [-0.39, 0.29) is 18.8 Å². The fourth-order valence-corrected chi connectivity index (χ4v) is 5.47. The first-order valence-corrected chi connectivity index (χ1v) is 12.2. The van der Waals surface area contributed by atoms with E-state index < -0.39 is 48.2 Å². The average molecular weight is 493 g/mol. The van der Waals surface area contributed by atoms with E-state index in [0.717, 1.165) is 22.3 Å². The molecule has 0 aromatic heterocycles. The molecule has 1 fully saturated rings. The van der Waals surface area contributed by atoms with E-state index in [0.29, 0.717) is 25.7 Å². The molecule has 0 bridgehead atoms. The summed E-state index contributed by atoms with van der Waals surface area (Å²) in [7, 11) is 0. The quantitative estimate of drug-likeness (QED) is 0.543. The standard InChI is InChI=1S/C27H28N2O7/c30-21-13-20(26(33)36-21)28-25(32)18-11-9-16-7-4-8-17-10-12-19(24(31)23(18)22(16)17)29-27(34)35-14-15-5-2-1-3-6-15/h1-8,18-20,23,26,33H,9-14H2,(H,28,32)(H,29,34)/t18?,19-,20-,23?,26?/m0/s1. The molecule has 9 nitrogen and oxygen atoms in total. The number of ether oxygens (including phenoxy) is 2. The lowest BCUT2D eigenvalue weighted by Gasteiger charge is -2.34. The van der Waals surface area contributed by atoms with Crippen molar-refractivity contribution in [3.63, 3.8) is 0 Å². The maximum atomic E-state index is 13.8. The number of aliphatic hydroxyl groups excluding tert-OH is 1. The van der Waals surface area contributed by atoms with Crippen LogP contribution in [0.5, 0.6) is 0 Å². The van der Waals surface area contributed by atoms with Crippen molar-refractivity contribution in [3.8, 4) is 0 Å². The molecule has 1 heterocycles. The van der Waals surface area contributed by atoms with Crippen LogP contribution in [0.4, 0.5) is 4.79 Å². The predicted molar refractivity (Wildman–Crippen MR) is 127 cm³/mol. The van der Waals surface area contributed by atoms with Crippen LogP contribution in [0.1, 0.15) is 47.4 Å². The number of alkyl carbamates (subject to hydrolysis) is 1. The van der Waals surface area contributed by atoms with Gasteiger partial charge in [-0.15, -0.1) is 0 Å².